The van der Waals surface area contributed by atoms with E-state index in [9.17, 15) is 4.79 Å². The third kappa shape index (κ3) is 3.96. The maximum absolute atomic E-state index is 12.2. The van der Waals surface area contributed by atoms with Crippen LogP contribution >= 0.6 is 0 Å². The molecule has 1 aromatic carbocycles. The predicted octanol–water partition coefficient (Wildman–Crippen LogP) is 3.66. The molecule has 1 fully saturated rings. The summed E-state index contributed by atoms with van der Waals surface area (Å²) in [7, 11) is 0. The Morgan fingerprint density at radius 1 is 1.11 bits per heavy atom. The van der Waals surface area contributed by atoms with E-state index >= 15 is 0 Å². The molecule has 0 aliphatic carbocycles. The topological polar surface area (TPSA) is 63.9 Å². The Labute approximate surface area is 165 Å². The fraction of sp³-hybridized carbons (Fsp3) is 0.364. The summed E-state index contributed by atoms with van der Waals surface area (Å²) >= 11 is 0. The van der Waals surface area contributed by atoms with E-state index in [4.69, 9.17) is 10.1 Å². The lowest BCUT2D eigenvalue weighted by molar-refractivity contribution is -0.132. The Balaban J connectivity index is 1.68. The molecule has 1 amide bonds. The normalized spacial score (nSPS) is 16.9. The first-order chi connectivity index (χ1) is 13.7. The van der Waals surface area contributed by atoms with E-state index in [1.807, 2.05) is 27.8 Å². The zero-order valence-corrected chi connectivity index (χ0v) is 16.2. The molecule has 1 aliphatic heterocycles. The number of nitrogens with zero attached hydrogens (tertiary/aromatic N) is 5. The van der Waals surface area contributed by atoms with Gasteiger partial charge in [0, 0.05) is 38.0 Å². The summed E-state index contributed by atoms with van der Waals surface area (Å²) in [6.07, 6.45) is 7.46. The molecule has 0 saturated carbocycles. The van der Waals surface area contributed by atoms with Crippen LogP contribution in [-0.4, -0.2) is 37.1 Å². The van der Waals surface area contributed by atoms with Crippen molar-refractivity contribution >= 4 is 5.91 Å². The van der Waals surface area contributed by atoms with Gasteiger partial charge in [0.15, 0.2) is 5.82 Å². The molecule has 6 heteroatoms. The van der Waals surface area contributed by atoms with Gasteiger partial charge < -0.3 is 4.90 Å². The van der Waals surface area contributed by atoms with Crippen LogP contribution in [0.4, 0.5) is 0 Å². The van der Waals surface area contributed by atoms with Crippen molar-refractivity contribution in [1.29, 1.82) is 0 Å². The quantitative estimate of drug-likeness (QED) is 0.683. The number of rotatable bonds is 5. The minimum atomic E-state index is -0.00916. The van der Waals surface area contributed by atoms with Crippen molar-refractivity contribution in [2.75, 3.05) is 6.54 Å². The van der Waals surface area contributed by atoms with E-state index in [1.165, 1.54) is 5.56 Å². The number of carbonyl (C=O) groups excluding carboxylic acids is 1. The smallest absolute Gasteiger partial charge is 0.220 e. The summed E-state index contributed by atoms with van der Waals surface area (Å²) in [4.78, 5) is 23.1. The van der Waals surface area contributed by atoms with Crippen LogP contribution in [0, 0.1) is 0 Å². The number of amides is 1. The van der Waals surface area contributed by atoms with Crippen molar-refractivity contribution in [3.63, 3.8) is 0 Å². The minimum Gasteiger partial charge on any atom is -0.333 e. The fourth-order valence-electron chi connectivity index (χ4n) is 3.85. The summed E-state index contributed by atoms with van der Waals surface area (Å²) in [5, 5.41) is 4.80. The van der Waals surface area contributed by atoms with Crippen molar-refractivity contribution in [2.24, 2.45) is 0 Å². The Kier molecular flexibility index (Phi) is 5.46. The van der Waals surface area contributed by atoms with Gasteiger partial charge in [-0.3, -0.25) is 9.78 Å². The standard InChI is InChI=1S/C22H25N5O/c1-17(28)26-15-6-5-9-20(26)22-24-21(19-10-13-23-14-11-19)25-27(22)16-12-18-7-3-2-4-8-18/h2-4,7-8,10-11,13-14,20H,5-6,9,12,15-16H2,1H3/t20-/m0/s1. The number of pyridine rings is 1. The molecule has 3 heterocycles. The molecule has 2 aromatic heterocycles. The molecule has 0 N–H and O–H groups in total. The lowest BCUT2D eigenvalue weighted by Gasteiger charge is -2.34. The van der Waals surface area contributed by atoms with E-state index in [1.54, 1.807) is 19.3 Å². The Morgan fingerprint density at radius 2 is 1.89 bits per heavy atom. The van der Waals surface area contributed by atoms with Crippen LogP contribution in [0.25, 0.3) is 11.4 Å². The number of likely N-dealkylation sites (tertiary alicyclic amines) is 1. The highest BCUT2D eigenvalue weighted by molar-refractivity contribution is 5.73. The summed E-state index contributed by atoms with van der Waals surface area (Å²) in [5.41, 5.74) is 2.21. The highest BCUT2D eigenvalue weighted by Crippen LogP contribution is 2.31. The molecule has 1 aliphatic rings. The van der Waals surface area contributed by atoms with E-state index in [0.29, 0.717) is 5.82 Å². The van der Waals surface area contributed by atoms with Gasteiger partial charge in [-0.05, 0) is 43.4 Å². The molecule has 1 atom stereocenters. The minimum absolute atomic E-state index is 0.00916. The molecule has 0 unspecified atom stereocenters. The second kappa shape index (κ2) is 8.33. The average molecular weight is 375 g/mol. The zero-order chi connectivity index (χ0) is 19.3. The van der Waals surface area contributed by atoms with Gasteiger partial charge in [-0.1, -0.05) is 30.3 Å². The van der Waals surface area contributed by atoms with E-state index in [-0.39, 0.29) is 11.9 Å². The van der Waals surface area contributed by atoms with E-state index in [2.05, 4.69) is 29.2 Å². The number of carbonyl (C=O) groups is 1. The highest BCUT2D eigenvalue weighted by Gasteiger charge is 2.30. The molecule has 6 nitrogen and oxygen atoms in total. The van der Waals surface area contributed by atoms with Crippen LogP contribution in [-0.2, 0) is 17.8 Å². The highest BCUT2D eigenvalue weighted by atomic mass is 16.2. The Morgan fingerprint density at radius 3 is 2.64 bits per heavy atom. The molecular weight excluding hydrogens is 350 g/mol. The third-order valence-corrected chi connectivity index (χ3v) is 5.30. The lowest BCUT2D eigenvalue weighted by Crippen LogP contribution is -2.38. The summed E-state index contributed by atoms with van der Waals surface area (Å²) in [6, 6.07) is 14.2. The monoisotopic (exact) mass is 375 g/mol. The molecule has 0 bridgehead atoms. The second-order valence-electron chi connectivity index (χ2n) is 7.21. The van der Waals surface area contributed by atoms with E-state index < -0.39 is 0 Å². The van der Waals surface area contributed by atoms with Crippen molar-refractivity contribution < 1.29 is 4.79 Å². The van der Waals surface area contributed by atoms with Crippen LogP contribution in [0.15, 0.2) is 54.9 Å². The SMILES string of the molecule is CC(=O)N1CCCC[C@H]1c1nc(-c2ccncc2)nn1CCc1ccccc1. The van der Waals surface area contributed by atoms with Gasteiger partial charge in [-0.25, -0.2) is 9.67 Å². The first-order valence-corrected chi connectivity index (χ1v) is 9.88. The first kappa shape index (κ1) is 18.3. The molecule has 1 saturated heterocycles. The largest absolute Gasteiger partial charge is 0.333 e. The number of hydrogen-bond acceptors (Lipinski definition) is 4. The van der Waals surface area contributed by atoms with Gasteiger partial charge in [0.1, 0.15) is 5.82 Å². The maximum atomic E-state index is 12.2. The number of hydrogen-bond donors (Lipinski definition) is 0. The van der Waals surface area contributed by atoms with Crippen molar-refractivity contribution in [2.45, 2.75) is 45.2 Å². The van der Waals surface area contributed by atoms with Crippen LogP contribution in [0.3, 0.4) is 0 Å². The van der Waals surface area contributed by atoms with E-state index in [0.717, 1.165) is 50.2 Å². The van der Waals surface area contributed by atoms with Crippen LogP contribution in [0.2, 0.25) is 0 Å². The number of piperidine rings is 1. The van der Waals surface area contributed by atoms with Crippen LogP contribution < -0.4 is 0 Å². The van der Waals surface area contributed by atoms with Gasteiger partial charge in [-0.2, -0.15) is 5.10 Å². The van der Waals surface area contributed by atoms with Crippen molar-refractivity contribution in [1.82, 2.24) is 24.6 Å². The molecular formula is C22H25N5O. The van der Waals surface area contributed by atoms with Gasteiger partial charge in [0.2, 0.25) is 5.91 Å². The Hall–Kier alpha value is -3.02. The summed E-state index contributed by atoms with van der Waals surface area (Å²) < 4.78 is 1.99. The number of aryl methyl sites for hydroxylation is 2. The number of aromatic nitrogens is 4. The van der Waals surface area contributed by atoms with Crippen molar-refractivity contribution in [3.05, 3.63) is 66.2 Å². The first-order valence-electron chi connectivity index (χ1n) is 9.88. The average Bonchev–Trinajstić information content (AvgIpc) is 3.18. The predicted molar refractivity (Wildman–Crippen MR) is 107 cm³/mol. The summed E-state index contributed by atoms with van der Waals surface area (Å²) in [6.45, 7) is 3.17. The van der Waals surface area contributed by atoms with Crippen LogP contribution in [0.5, 0.6) is 0 Å². The third-order valence-electron chi connectivity index (χ3n) is 5.30. The number of benzene rings is 1. The van der Waals surface area contributed by atoms with Crippen LogP contribution in [0.1, 0.15) is 43.6 Å². The molecule has 0 radical (unpaired) electrons. The van der Waals surface area contributed by atoms with Gasteiger partial charge >= 0.3 is 0 Å². The molecule has 144 valence electrons. The maximum Gasteiger partial charge on any atom is 0.220 e. The zero-order valence-electron chi connectivity index (χ0n) is 16.2. The second-order valence-corrected chi connectivity index (χ2v) is 7.21. The summed E-state index contributed by atoms with van der Waals surface area (Å²) in [5.74, 6) is 1.69. The molecule has 28 heavy (non-hydrogen) atoms. The lowest BCUT2D eigenvalue weighted by atomic mass is 10.0. The molecule has 4 rings (SSSR count). The van der Waals surface area contributed by atoms with Gasteiger partial charge in [0.05, 0.1) is 6.04 Å². The fourth-order valence-corrected chi connectivity index (χ4v) is 3.85. The van der Waals surface area contributed by atoms with Crippen molar-refractivity contribution in [3.8, 4) is 11.4 Å². The Bertz CT molecular complexity index is 923. The van der Waals surface area contributed by atoms with Gasteiger partial charge in [-0.15, -0.1) is 0 Å². The molecule has 3 aromatic rings. The molecule has 0 spiro atoms. The van der Waals surface area contributed by atoms with Gasteiger partial charge in [0.25, 0.3) is 0 Å².